The lowest BCUT2D eigenvalue weighted by atomic mass is 10.1. The first-order chi connectivity index (χ1) is 47.7. The molecule has 0 heterocycles. The minimum absolute atomic E-state index is 0.0318. The van der Waals surface area contributed by atoms with Crippen molar-refractivity contribution in [2.45, 2.75) is 316 Å². The van der Waals surface area contributed by atoms with Crippen molar-refractivity contribution in [3.63, 3.8) is 0 Å². The van der Waals surface area contributed by atoms with Crippen molar-refractivity contribution in [2.75, 3.05) is 39.6 Å². The molecule has 0 amide bonds. The second kappa shape index (κ2) is 70.9. The highest BCUT2D eigenvalue weighted by Crippen LogP contribution is 2.45. The monoisotopic (exact) mass is 1420 g/mol. The molecule has 98 heavy (non-hydrogen) atoms. The molecule has 0 aromatic heterocycles. The molecule has 17 nitrogen and oxygen atoms in total. The molecule has 0 aliphatic heterocycles. The number of phosphoric acid groups is 2. The van der Waals surface area contributed by atoms with Crippen molar-refractivity contribution in [3.05, 3.63) is 122 Å². The first-order valence-corrected chi connectivity index (χ1v) is 40.8. The molecule has 5 atom stereocenters. The van der Waals surface area contributed by atoms with Crippen LogP contribution in [0.25, 0.3) is 0 Å². The Morgan fingerprint density at radius 2 is 0.561 bits per heavy atom. The molecule has 0 aliphatic carbocycles. The molecule has 0 bridgehead atoms. The first kappa shape index (κ1) is 93.5. The fraction of sp³-hybridized carbons (Fsp3) is 0.696. The third-order valence-corrected chi connectivity index (χ3v) is 17.3. The number of ether oxygens (including phenoxy) is 4. The van der Waals surface area contributed by atoms with E-state index in [4.69, 9.17) is 37.0 Å². The molecule has 562 valence electrons. The van der Waals surface area contributed by atoms with Crippen LogP contribution in [0.15, 0.2) is 122 Å². The molecule has 0 fully saturated rings. The van der Waals surface area contributed by atoms with E-state index < -0.39 is 97.5 Å². The molecule has 0 radical (unpaired) electrons. The van der Waals surface area contributed by atoms with E-state index in [9.17, 15) is 43.2 Å². The van der Waals surface area contributed by atoms with E-state index in [1.165, 1.54) is 51.4 Å². The van der Waals surface area contributed by atoms with E-state index in [1.807, 2.05) is 18.2 Å². The Kier molecular flexibility index (Phi) is 67.6. The number of hydrogen-bond acceptors (Lipinski definition) is 15. The Balaban J connectivity index is 5.40. The number of carbonyl (C=O) groups is 4. The normalized spacial score (nSPS) is 14.6. The summed E-state index contributed by atoms with van der Waals surface area (Å²) in [5.41, 5.74) is 0. The quantitative estimate of drug-likeness (QED) is 0.0169. The van der Waals surface area contributed by atoms with Crippen molar-refractivity contribution >= 4 is 39.5 Å². The summed E-state index contributed by atoms with van der Waals surface area (Å²) in [6, 6.07) is 0. The van der Waals surface area contributed by atoms with Crippen LogP contribution in [0.4, 0.5) is 0 Å². The number of unbranched alkanes of at least 4 members (excludes halogenated alkanes) is 24. The van der Waals surface area contributed by atoms with Gasteiger partial charge in [-0.05, 0) is 116 Å². The lowest BCUT2D eigenvalue weighted by molar-refractivity contribution is -0.161. The van der Waals surface area contributed by atoms with Crippen LogP contribution in [0.1, 0.15) is 297 Å². The van der Waals surface area contributed by atoms with Gasteiger partial charge in [0, 0.05) is 25.7 Å². The third kappa shape index (κ3) is 69.9. The third-order valence-electron chi connectivity index (χ3n) is 15.4. The average Bonchev–Trinajstić information content (AvgIpc) is 0.979. The van der Waals surface area contributed by atoms with Crippen molar-refractivity contribution < 1.29 is 80.2 Å². The maximum atomic E-state index is 13.1. The van der Waals surface area contributed by atoms with E-state index in [-0.39, 0.29) is 25.7 Å². The van der Waals surface area contributed by atoms with Gasteiger partial charge in [0.2, 0.25) is 0 Å². The maximum absolute atomic E-state index is 13.1. The zero-order chi connectivity index (χ0) is 71.8. The topological polar surface area (TPSA) is 237 Å². The van der Waals surface area contributed by atoms with Gasteiger partial charge in [-0.15, -0.1) is 0 Å². The van der Waals surface area contributed by atoms with Gasteiger partial charge in [0.15, 0.2) is 12.2 Å². The zero-order valence-corrected chi connectivity index (χ0v) is 63.0. The summed E-state index contributed by atoms with van der Waals surface area (Å²) in [7, 11) is -9.97. The molecule has 0 aromatic carbocycles. The number of carbonyl (C=O) groups excluding carboxylic acids is 4. The summed E-state index contributed by atoms with van der Waals surface area (Å²) in [5.74, 6) is -2.29. The van der Waals surface area contributed by atoms with E-state index >= 15 is 0 Å². The Morgan fingerprint density at radius 3 is 0.918 bits per heavy atom. The number of allylic oxidation sites excluding steroid dienone is 20. The molecule has 0 spiro atoms. The van der Waals surface area contributed by atoms with Crippen LogP contribution in [-0.2, 0) is 65.4 Å². The van der Waals surface area contributed by atoms with Crippen molar-refractivity contribution in [1.29, 1.82) is 0 Å². The van der Waals surface area contributed by atoms with Gasteiger partial charge in [-0.1, -0.05) is 278 Å². The van der Waals surface area contributed by atoms with Crippen molar-refractivity contribution in [2.24, 2.45) is 0 Å². The highest BCUT2D eigenvalue weighted by atomic mass is 31.2. The summed E-state index contributed by atoms with van der Waals surface area (Å²) >= 11 is 0. The molecular formula is C79H134O17P2. The molecule has 19 heteroatoms. The Hall–Kier alpha value is -4.54. The summed E-state index contributed by atoms with van der Waals surface area (Å²) in [4.78, 5) is 72.7. The van der Waals surface area contributed by atoms with E-state index in [0.29, 0.717) is 32.1 Å². The summed E-state index contributed by atoms with van der Waals surface area (Å²) in [5, 5.41) is 10.6. The zero-order valence-electron chi connectivity index (χ0n) is 61.2. The highest BCUT2D eigenvalue weighted by Gasteiger charge is 2.30. The highest BCUT2D eigenvalue weighted by molar-refractivity contribution is 7.47. The van der Waals surface area contributed by atoms with Crippen molar-refractivity contribution in [1.82, 2.24) is 0 Å². The molecule has 0 aliphatic rings. The first-order valence-electron chi connectivity index (χ1n) is 37.8. The number of aliphatic hydroxyl groups excluding tert-OH is 1. The minimum Gasteiger partial charge on any atom is -0.462 e. The standard InChI is InChI=1S/C79H134O17P2/c1-5-9-13-17-21-25-29-31-33-35-36-38-39-41-45-48-52-56-60-64-77(82)90-70-75(96-79(84)66-62-58-54-50-46-42-40-37-34-32-30-26-22-18-14-10-6-2)72-94-98(87,88)92-68-73(80)67-91-97(85,86)93-71-74(95-78(83)65-61-57-53-49-44-28-24-20-16-12-8-4)69-89-76(81)63-59-55-51-47-43-27-23-19-15-11-7-3/h9-10,13-14,19,21-23,25-26,31-34,36,38,41,45,52,56,73-75,80H,5-8,11-12,15-18,20,24,27-30,35,37,39-40,42-44,46-51,53-55,57-72H2,1-4H3,(H,85,86)(H,87,88)/b13-9-,14-10-,23-19-,25-21-,26-22-,33-31-,34-32-,38-36-,45-41-,56-52-. The molecule has 0 aromatic rings. The lowest BCUT2D eigenvalue weighted by Gasteiger charge is -2.21. The number of aliphatic hydroxyl groups is 1. The van der Waals surface area contributed by atoms with Gasteiger partial charge >= 0.3 is 39.5 Å². The van der Waals surface area contributed by atoms with Gasteiger partial charge in [0.1, 0.15) is 19.3 Å². The van der Waals surface area contributed by atoms with Gasteiger partial charge in [0.25, 0.3) is 0 Å². The fourth-order valence-electron chi connectivity index (χ4n) is 9.71. The second-order valence-corrected chi connectivity index (χ2v) is 27.7. The minimum atomic E-state index is -4.99. The molecule has 0 saturated heterocycles. The van der Waals surface area contributed by atoms with Crippen LogP contribution < -0.4 is 0 Å². The van der Waals surface area contributed by atoms with Gasteiger partial charge < -0.3 is 33.8 Å². The fourth-order valence-corrected chi connectivity index (χ4v) is 11.3. The predicted octanol–water partition coefficient (Wildman–Crippen LogP) is 21.6. The van der Waals surface area contributed by atoms with E-state index in [0.717, 1.165) is 161 Å². The van der Waals surface area contributed by atoms with Crippen LogP contribution in [0.2, 0.25) is 0 Å². The van der Waals surface area contributed by atoms with Gasteiger partial charge in [-0.25, -0.2) is 9.13 Å². The number of hydrogen-bond donors (Lipinski definition) is 3. The van der Waals surface area contributed by atoms with Crippen LogP contribution in [-0.4, -0.2) is 96.7 Å². The molecule has 3 N–H and O–H groups in total. The van der Waals surface area contributed by atoms with E-state index in [1.54, 1.807) is 0 Å². The van der Waals surface area contributed by atoms with Crippen LogP contribution in [0.3, 0.4) is 0 Å². The number of phosphoric ester groups is 2. The molecule has 0 saturated carbocycles. The summed E-state index contributed by atoms with van der Waals surface area (Å²) in [6.07, 6.45) is 76.4. The Morgan fingerprint density at radius 1 is 0.296 bits per heavy atom. The largest absolute Gasteiger partial charge is 0.472 e. The van der Waals surface area contributed by atoms with Crippen LogP contribution in [0.5, 0.6) is 0 Å². The van der Waals surface area contributed by atoms with Crippen LogP contribution >= 0.6 is 15.6 Å². The van der Waals surface area contributed by atoms with Gasteiger partial charge in [-0.2, -0.15) is 0 Å². The maximum Gasteiger partial charge on any atom is 0.472 e. The van der Waals surface area contributed by atoms with E-state index in [2.05, 4.69) is 131 Å². The van der Waals surface area contributed by atoms with Gasteiger partial charge in [0.05, 0.1) is 26.4 Å². The SMILES string of the molecule is CC/C=C\C/C=C\C/C=C\C/C=C\C/C=C\C/C=C\CCC(=O)OCC(COP(=O)(O)OCC(O)COP(=O)(O)OCC(COC(=O)CCCCCCC/C=C\CCCC)OC(=O)CCCCCCCCCCCCC)OC(=O)CCCCCCCCC/C=C\C/C=C\C/C=C\CC. The predicted molar refractivity (Wildman–Crippen MR) is 399 cm³/mol. The Labute approximate surface area is 593 Å². The average molecular weight is 1420 g/mol. The molecule has 0 rings (SSSR count). The van der Waals surface area contributed by atoms with Crippen LogP contribution in [0, 0.1) is 0 Å². The second-order valence-electron chi connectivity index (χ2n) is 24.8. The molecular weight excluding hydrogens is 1280 g/mol. The number of rotatable bonds is 70. The summed E-state index contributed by atoms with van der Waals surface area (Å²) in [6.45, 7) is 4.50. The van der Waals surface area contributed by atoms with Gasteiger partial charge in [-0.3, -0.25) is 37.3 Å². The Bertz CT molecular complexity index is 2340. The lowest BCUT2D eigenvalue weighted by Crippen LogP contribution is -2.30. The summed E-state index contributed by atoms with van der Waals surface area (Å²) < 4.78 is 68.3. The number of esters is 4. The van der Waals surface area contributed by atoms with Crippen molar-refractivity contribution in [3.8, 4) is 0 Å². The molecule has 5 unspecified atom stereocenters. The smallest absolute Gasteiger partial charge is 0.462 e.